The van der Waals surface area contributed by atoms with E-state index in [1.54, 1.807) is 4.90 Å². The average Bonchev–Trinajstić information content (AvgIpc) is 2.74. The molecule has 1 saturated heterocycles. The van der Waals surface area contributed by atoms with Crippen LogP contribution in [0.5, 0.6) is 0 Å². The van der Waals surface area contributed by atoms with Gasteiger partial charge in [-0.25, -0.2) is 9.78 Å². The topological polar surface area (TPSA) is 61.8 Å². The number of ether oxygens (including phenoxy) is 1. The van der Waals surface area contributed by atoms with E-state index in [0.29, 0.717) is 19.7 Å². The van der Waals surface area contributed by atoms with Crippen LogP contribution in [-0.2, 0) is 17.7 Å². The summed E-state index contributed by atoms with van der Waals surface area (Å²) in [5, 5.41) is 0. The summed E-state index contributed by atoms with van der Waals surface area (Å²) < 4.78 is 5.09. The van der Waals surface area contributed by atoms with Crippen molar-refractivity contribution in [1.29, 1.82) is 0 Å². The van der Waals surface area contributed by atoms with Crippen molar-refractivity contribution in [2.24, 2.45) is 0 Å². The van der Waals surface area contributed by atoms with E-state index < -0.39 is 0 Å². The number of nitrogens with zero attached hydrogens (tertiary/aromatic N) is 5. The van der Waals surface area contributed by atoms with Gasteiger partial charge in [-0.15, -0.1) is 0 Å². The molecule has 0 atom stereocenters. The van der Waals surface area contributed by atoms with Crippen LogP contribution < -0.4 is 9.80 Å². The number of hydrogen-bond acceptors (Lipinski definition) is 6. The monoisotopic (exact) mass is 367 g/mol. The summed E-state index contributed by atoms with van der Waals surface area (Å²) in [4.78, 5) is 27.4. The number of carbonyl (C=O) groups excluding carboxylic acids is 1. The van der Waals surface area contributed by atoms with Gasteiger partial charge in [0.15, 0.2) is 0 Å². The fourth-order valence-corrected chi connectivity index (χ4v) is 3.67. The molecule has 0 bridgehead atoms. The summed E-state index contributed by atoms with van der Waals surface area (Å²) in [6.45, 7) is 6.80. The predicted octanol–water partition coefficient (Wildman–Crippen LogP) is 2.32. The highest BCUT2D eigenvalue weighted by Crippen LogP contribution is 2.23. The molecule has 7 nitrogen and oxygen atoms in total. The smallest absolute Gasteiger partial charge is 0.409 e. The van der Waals surface area contributed by atoms with Gasteiger partial charge >= 0.3 is 6.09 Å². The van der Waals surface area contributed by atoms with Crippen molar-refractivity contribution in [3.63, 3.8) is 0 Å². The highest BCUT2D eigenvalue weighted by Gasteiger charge is 2.24. The lowest BCUT2D eigenvalue weighted by Crippen LogP contribution is -2.49. The average molecular weight is 367 g/mol. The molecule has 1 amide bonds. The summed E-state index contributed by atoms with van der Waals surface area (Å²) in [5.41, 5.74) is 2.76. The predicted molar refractivity (Wildman–Crippen MR) is 104 cm³/mol. The van der Waals surface area contributed by atoms with Crippen molar-refractivity contribution >= 4 is 17.9 Å². The summed E-state index contributed by atoms with van der Waals surface area (Å²) in [7, 11) is 0. The van der Waals surface area contributed by atoms with Crippen molar-refractivity contribution in [1.82, 2.24) is 14.9 Å². The van der Waals surface area contributed by atoms with Crippen LogP contribution in [0.25, 0.3) is 0 Å². The van der Waals surface area contributed by atoms with Crippen LogP contribution in [0.4, 0.5) is 16.6 Å². The van der Waals surface area contributed by atoms with E-state index in [1.165, 1.54) is 11.1 Å². The Morgan fingerprint density at radius 1 is 1.04 bits per heavy atom. The van der Waals surface area contributed by atoms with Crippen molar-refractivity contribution in [3.8, 4) is 0 Å². The van der Waals surface area contributed by atoms with Gasteiger partial charge in [-0.1, -0.05) is 24.3 Å². The van der Waals surface area contributed by atoms with Crippen LogP contribution in [0, 0.1) is 0 Å². The number of anilines is 2. The molecule has 0 spiro atoms. The third kappa shape index (κ3) is 3.82. The molecular formula is C20H25N5O2. The van der Waals surface area contributed by atoms with Gasteiger partial charge in [-0.05, 0) is 30.5 Å². The molecule has 2 aliphatic rings. The molecule has 2 aliphatic heterocycles. The maximum Gasteiger partial charge on any atom is 0.409 e. The second kappa shape index (κ2) is 7.82. The minimum Gasteiger partial charge on any atom is -0.450 e. The number of benzene rings is 1. The lowest BCUT2D eigenvalue weighted by molar-refractivity contribution is 0.105. The third-order valence-electron chi connectivity index (χ3n) is 5.17. The Bertz CT molecular complexity index is 804. The van der Waals surface area contributed by atoms with E-state index in [-0.39, 0.29) is 6.09 Å². The SMILES string of the molecule is CCOC(=O)N1CCN(c2ccnc(N3CCc4ccccc4C3)n2)CC1. The number of fused-ring (bicyclic) bond motifs is 1. The molecule has 0 saturated carbocycles. The summed E-state index contributed by atoms with van der Waals surface area (Å²) >= 11 is 0. The number of carbonyl (C=O) groups is 1. The molecule has 142 valence electrons. The van der Waals surface area contributed by atoms with Gasteiger partial charge in [0, 0.05) is 45.5 Å². The van der Waals surface area contributed by atoms with E-state index in [9.17, 15) is 4.79 Å². The van der Waals surface area contributed by atoms with Gasteiger partial charge in [0.2, 0.25) is 5.95 Å². The Morgan fingerprint density at radius 2 is 1.81 bits per heavy atom. The molecular weight excluding hydrogens is 342 g/mol. The van der Waals surface area contributed by atoms with Crippen LogP contribution in [0.15, 0.2) is 36.5 Å². The molecule has 4 rings (SSSR count). The number of rotatable bonds is 3. The Balaban J connectivity index is 1.42. The molecule has 1 aromatic heterocycles. The maximum absolute atomic E-state index is 11.9. The van der Waals surface area contributed by atoms with Crippen molar-refractivity contribution in [2.75, 3.05) is 49.1 Å². The fourth-order valence-electron chi connectivity index (χ4n) is 3.67. The molecule has 0 radical (unpaired) electrons. The minimum atomic E-state index is -0.229. The quantitative estimate of drug-likeness (QED) is 0.830. The lowest BCUT2D eigenvalue weighted by atomic mass is 10.0. The van der Waals surface area contributed by atoms with Gasteiger partial charge in [0.25, 0.3) is 0 Å². The first-order chi connectivity index (χ1) is 13.2. The second-order valence-corrected chi connectivity index (χ2v) is 6.83. The molecule has 0 unspecified atom stereocenters. The van der Waals surface area contributed by atoms with E-state index in [1.807, 2.05) is 19.2 Å². The molecule has 0 aliphatic carbocycles. The largest absolute Gasteiger partial charge is 0.450 e. The Hall–Kier alpha value is -2.83. The van der Waals surface area contributed by atoms with Crippen LogP contribution in [-0.4, -0.2) is 60.3 Å². The highest BCUT2D eigenvalue weighted by atomic mass is 16.6. The van der Waals surface area contributed by atoms with Crippen LogP contribution >= 0.6 is 0 Å². The van der Waals surface area contributed by atoms with Gasteiger partial charge in [-0.3, -0.25) is 0 Å². The normalized spacial score (nSPS) is 16.9. The molecule has 1 fully saturated rings. The standard InChI is InChI=1S/C20H25N5O2/c1-2-27-20(26)24-13-11-23(12-14-24)18-7-9-21-19(22-18)25-10-8-16-5-3-4-6-17(16)15-25/h3-7,9H,2,8,10-15H2,1H3. The summed E-state index contributed by atoms with van der Waals surface area (Å²) in [6, 6.07) is 10.5. The first-order valence-electron chi connectivity index (χ1n) is 9.56. The van der Waals surface area contributed by atoms with E-state index in [0.717, 1.165) is 44.4 Å². The van der Waals surface area contributed by atoms with E-state index in [4.69, 9.17) is 9.72 Å². The molecule has 7 heteroatoms. The van der Waals surface area contributed by atoms with Crippen LogP contribution in [0.3, 0.4) is 0 Å². The zero-order valence-electron chi connectivity index (χ0n) is 15.7. The molecule has 2 aromatic rings. The molecule has 1 aromatic carbocycles. The van der Waals surface area contributed by atoms with Gasteiger partial charge in [-0.2, -0.15) is 4.98 Å². The lowest BCUT2D eigenvalue weighted by Gasteiger charge is -2.35. The van der Waals surface area contributed by atoms with Gasteiger partial charge < -0.3 is 19.4 Å². The summed E-state index contributed by atoms with van der Waals surface area (Å²) in [5.74, 6) is 1.69. The van der Waals surface area contributed by atoms with E-state index in [2.05, 4.69) is 39.0 Å². The van der Waals surface area contributed by atoms with Crippen molar-refractivity contribution in [3.05, 3.63) is 47.7 Å². The second-order valence-electron chi connectivity index (χ2n) is 6.83. The Morgan fingerprint density at radius 3 is 2.59 bits per heavy atom. The highest BCUT2D eigenvalue weighted by molar-refractivity contribution is 5.68. The van der Waals surface area contributed by atoms with Crippen LogP contribution in [0.2, 0.25) is 0 Å². The van der Waals surface area contributed by atoms with Gasteiger partial charge in [0.05, 0.1) is 6.61 Å². The minimum absolute atomic E-state index is 0.229. The zero-order valence-corrected chi connectivity index (χ0v) is 15.7. The molecule has 3 heterocycles. The number of hydrogen-bond donors (Lipinski definition) is 0. The number of amides is 1. The number of piperazine rings is 1. The van der Waals surface area contributed by atoms with Crippen molar-refractivity contribution in [2.45, 2.75) is 19.9 Å². The summed E-state index contributed by atoms with van der Waals surface area (Å²) in [6.07, 6.45) is 2.62. The first kappa shape index (κ1) is 17.6. The zero-order chi connectivity index (χ0) is 18.6. The van der Waals surface area contributed by atoms with Crippen molar-refractivity contribution < 1.29 is 9.53 Å². The number of aromatic nitrogens is 2. The van der Waals surface area contributed by atoms with Crippen LogP contribution in [0.1, 0.15) is 18.1 Å². The fraction of sp³-hybridized carbons (Fsp3) is 0.450. The maximum atomic E-state index is 11.9. The molecule has 27 heavy (non-hydrogen) atoms. The molecule has 0 N–H and O–H groups in total. The Labute approximate surface area is 159 Å². The Kier molecular flexibility index (Phi) is 5.09. The first-order valence-corrected chi connectivity index (χ1v) is 9.56. The van der Waals surface area contributed by atoms with Gasteiger partial charge in [0.1, 0.15) is 5.82 Å². The third-order valence-corrected chi connectivity index (χ3v) is 5.17. The van der Waals surface area contributed by atoms with E-state index >= 15 is 0 Å².